The summed E-state index contributed by atoms with van der Waals surface area (Å²) in [5.41, 5.74) is 5.67. The number of nitrogens with one attached hydrogen (secondary N) is 1. The van der Waals surface area contributed by atoms with Gasteiger partial charge in [0.2, 0.25) is 0 Å². The molecule has 0 spiro atoms. The summed E-state index contributed by atoms with van der Waals surface area (Å²) in [5.74, 6) is 0.723. The lowest BCUT2D eigenvalue weighted by Gasteiger charge is -2.37. The van der Waals surface area contributed by atoms with Crippen molar-refractivity contribution in [3.05, 3.63) is 0 Å². The summed E-state index contributed by atoms with van der Waals surface area (Å²) in [6.45, 7) is 4.37. The third kappa shape index (κ3) is 5.24. The van der Waals surface area contributed by atoms with Crippen molar-refractivity contribution in [3.63, 3.8) is 0 Å². The van der Waals surface area contributed by atoms with Gasteiger partial charge in [0, 0.05) is 32.2 Å². The smallest absolute Gasteiger partial charge is 0.310 e. The van der Waals surface area contributed by atoms with Gasteiger partial charge < -0.3 is 15.8 Å². The zero-order chi connectivity index (χ0) is 15.1. The maximum absolute atomic E-state index is 11.9. The lowest BCUT2D eigenvalue weighted by Crippen LogP contribution is -2.52. The van der Waals surface area contributed by atoms with Crippen LogP contribution in [0.15, 0.2) is 0 Å². The predicted molar refractivity (Wildman–Crippen MR) is 84.0 cm³/mol. The van der Waals surface area contributed by atoms with E-state index in [9.17, 15) is 4.79 Å². The number of methoxy groups -OCH3 is 1. The molecule has 0 amide bonds. The maximum atomic E-state index is 11.9. The molecule has 0 radical (unpaired) electrons. The third-order valence-electron chi connectivity index (χ3n) is 4.93. The molecule has 5 heteroatoms. The number of hydrogen-bond donors (Lipinski definition) is 2. The van der Waals surface area contributed by atoms with E-state index >= 15 is 0 Å². The normalized spacial score (nSPS) is 28.5. The van der Waals surface area contributed by atoms with Gasteiger partial charge in [-0.15, -0.1) is 0 Å². The van der Waals surface area contributed by atoms with Gasteiger partial charge in [-0.3, -0.25) is 9.69 Å². The second-order valence-electron chi connectivity index (χ2n) is 6.61. The van der Waals surface area contributed by atoms with E-state index in [2.05, 4.69) is 10.2 Å². The summed E-state index contributed by atoms with van der Waals surface area (Å²) < 4.78 is 4.93. The molecule has 3 N–H and O–H groups in total. The summed E-state index contributed by atoms with van der Waals surface area (Å²) in [5, 5.41) is 3.70. The molecule has 2 rings (SSSR count). The van der Waals surface area contributed by atoms with Gasteiger partial charge in [0.05, 0.1) is 13.0 Å². The molecule has 0 aromatic carbocycles. The number of esters is 1. The summed E-state index contributed by atoms with van der Waals surface area (Å²) in [6, 6.07) is 0.385. The first-order valence-corrected chi connectivity index (χ1v) is 8.46. The van der Waals surface area contributed by atoms with Gasteiger partial charge in [0.25, 0.3) is 0 Å². The number of nitrogens with two attached hydrogens (primary N) is 1. The molecule has 1 aliphatic carbocycles. The molecule has 2 unspecified atom stereocenters. The van der Waals surface area contributed by atoms with E-state index < -0.39 is 0 Å². The molecule has 1 saturated heterocycles. The van der Waals surface area contributed by atoms with Crippen LogP contribution >= 0.6 is 0 Å². The molecule has 21 heavy (non-hydrogen) atoms. The number of likely N-dealkylation sites (tertiary alicyclic amines) is 1. The van der Waals surface area contributed by atoms with Crippen LogP contribution in [-0.4, -0.2) is 56.7 Å². The Kier molecular flexibility index (Phi) is 6.93. The minimum absolute atomic E-state index is 0.0147. The molecule has 2 fully saturated rings. The Morgan fingerprint density at radius 1 is 1.29 bits per heavy atom. The number of ether oxygens (including phenoxy) is 1. The fourth-order valence-corrected chi connectivity index (χ4v) is 3.77. The number of rotatable bonds is 6. The fourth-order valence-electron chi connectivity index (χ4n) is 3.77. The summed E-state index contributed by atoms with van der Waals surface area (Å²) in [4.78, 5) is 14.2. The van der Waals surface area contributed by atoms with Crippen LogP contribution in [0.25, 0.3) is 0 Å². The minimum atomic E-state index is -0.0822. The van der Waals surface area contributed by atoms with Crippen LogP contribution in [0.1, 0.15) is 38.5 Å². The van der Waals surface area contributed by atoms with E-state index in [0.29, 0.717) is 12.6 Å². The Bertz CT molecular complexity index is 319. The monoisotopic (exact) mass is 297 g/mol. The highest BCUT2D eigenvalue weighted by Crippen LogP contribution is 2.24. The molecular weight excluding hydrogens is 266 g/mol. The van der Waals surface area contributed by atoms with E-state index in [-0.39, 0.29) is 11.9 Å². The Labute approximate surface area is 128 Å². The molecule has 1 heterocycles. The standard InChI is InChI=1S/C16H31N3O2/c1-21-16(20)14-9-15(12-19(11-14)8-7-17)18-10-13-5-3-2-4-6-13/h13-15,18H,2-12,17H2,1H3. The minimum Gasteiger partial charge on any atom is -0.469 e. The second kappa shape index (κ2) is 8.71. The maximum Gasteiger partial charge on any atom is 0.310 e. The molecule has 0 bridgehead atoms. The van der Waals surface area contributed by atoms with Gasteiger partial charge >= 0.3 is 5.97 Å². The van der Waals surface area contributed by atoms with Crippen LogP contribution in [0, 0.1) is 11.8 Å². The third-order valence-corrected chi connectivity index (χ3v) is 4.93. The van der Waals surface area contributed by atoms with E-state index in [1.807, 2.05) is 0 Å². The fraction of sp³-hybridized carbons (Fsp3) is 0.938. The van der Waals surface area contributed by atoms with Gasteiger partial charge in [0.15, 0.2) is 0 Å². The Morgan fingerprint density at radius 3 is 2.71 bits per heavy atom. The van der Waals surface area contributed by atoms with Crippen LogP contribution in [0.5, 0.6) is 0 Å². The Morgan fingerprint density at radius 2 is 2.05 bits per heavy atom. The highest BCUT2D eigenvalue weighted by Gasteiger charge is 2.32. The van der Waals surface area contributed by atoms with Crippen LogP contribution in [0.4, 0.5) is 0 Å². The van der Waals surface area contributed by atoms with Crippen LogP contribution in [0.2, 0.25) is 0 Å². The summed E-state index contributed by atoms with van der Waals surface area (Å²) in [6.07, 6.45) is 7.75. The van der Waals surface area contributed by atoms with Crippen LogP contribution < -0.4 is 11.1 Å². The van der Waals surface area contributed by atoms with Crippen molar-refractivity contribution in [1.29, 1.82) is 0 Å². The number of nitrogens with zero attached hydrogens (tertiary/aromatic N) is 1. The zero-order valence-corrected chi connectivity index (χ0v) is 13.4. The molecular formula is C16H31N3O2. The van der Waals surface area contributed by atoms with Crippen molar-refractivity contribution >= 4 is 5.97 Å². The van der Waals surface area contributed by atoms with Crippen LogP contribution in [-0.2, 0) is 9.53 Å². The number of carbonyl (C=O) groups excluding carboxylic acids is 1. The van der Waals surface area contributed by atoms with Crippen molar-refractivity contribution in [1.82, 2.24) is 10.2 Å². The van der Waals surface area contributed by atoms with Crippen LogP contribution in [0.3, 0.4) is 0 Å². The molecule has 122 valence electrons. The van der Waals surface area contributed by atoms with Gasteiger partial charge in [-0.25, -0.2) is 0 Å². The SMILES string of the molecule is COC(=O)C1CC(NCC2CCCCC2)CN(CCN)C1. The predicted octanol–water partition coefficient (Wildman–Crippen LogP) is 0.979. The first kappa shape index (κ1) is 16.7. The van der Waals surface area contributed by atoms with Crippen molar-refractivity contribution in [2.75, 3.05) is 39.8 Å². The second-order valence-corrected chi connectivity index (χ2v) is 6.61. The molecule has 5 nitrogen and oxygen atoms in total. The van der Waals surface area contributed by atoms with Crippen molar-refractivity contribution in [2.45, 2.75) is 44.6 Å². The lowest BCUT2D eigenvalue weighted by atomic mass is 9.88. The largest absolute Gasteiger partial charge is 0.469 e. The highest BCUT2D eigenvalue weighted by molar-refractivity contribution is 5.72. The molecule has 1 saturated carbocycles. The topological polar surface area (TPSA) is 67.6 Å². The van der Waals surface area contributed by atoms with Crippen molar-refractivity contribution in [2.24, 2.45) is 17.6 Å². The van der Waals surface area contributed by atoms with Gasteiger partial charge in [-0.05, 0) is 31.7 Å². The molecule has 0 aromatic rings. The average molecular weight is 297 g/mol. The van der Waals surface area contributed by atoms with E-state index in [1.54, 1.807) is 0 Å². The number of carbonyl (C=O) groups is 1. The highest BCUT2D eigenvalue weighted by atomic mass is 16.5. The van der Waals surface area contributed by atoms with Gasteiger partial charge in [-0.2, -0.15) is 0 Å². The summed E-state index contributed by atoms with van der Waals surface area (Å²) in [7, 11) is 1.48. The Hall–Kier alpha value is -0.650. The van der Waals surface area contributed by atoms with Crippen molar-refractivity contribution < 1.29 is 9.53 Å². The number of hydrogen-bond acceptors (Lipinski definition) is 5. The van der Waals surface area contributed by atoms with Gasteiger partial charge in [0.1, 0.15) is 0 Å². The lowest BCUT2D eigenvalue weighted by molar-refractivity contribution is -0.147. The quantitative estimate of drug-likeness (QED) is 0.715. The van der Waals surface area contributed by atoms with E-state index in [0.717, 1.165) is 38.5 Å². The van der Waals surface area contributed by atoms with Crippen molar-refractivity contribution in [3.8, 4) is 0 Å². The number of piperidine rings is 1. The summed E-state index contributed by atoms with van der Waals surface area (Å²) >= 11 is 0. The molecule has 2 atom stereocenters. The first-order valence-electron chi connectivity index (χ1n) is 8.46. The zero-order valence-electron chi connectivity index (χ0n) is 13.4. The average Bonchev–Trinajstić information content (AvgIpc) is 2.53. The molecule has 0 aromatic heterocycles. The van der Waals surface area contributed by atoms with E-state index in [4.69, 9.17) is 10.5 Å². The van der Waals surface area contributed by atoms with E-state index in [1.165, 1.54) is 39.2 Å². The Balaban J connectivity index is 1.82. The molecule has 2 aliphatic rings. The first-order chi connectivity index (χ1) is 10.2. The van der Waals surface area contributed by atoms with Gasteiger partial charge in [-0.1, -0.05) is 19.3 Å². The molecule has 1 aliphatic heterocycles.